The zero-order chi connectivity index (χ0) is 14.7. The molecule has 2 heterocycles. The predicted octanol–water partition coefficient (Wildman–Crippen LogP) is 3.46. The maximum atomic E-state index is 13.5. The second-order valence-corrected chi connectivity index (χ2v) is 5.30. The highest BCUT2D eigenvalue weighted by Gasteiger charge is 2.03. The lowest BCUT2D eigenvalue weighted by molar-refractivity contribution is 0.597. The fraction of sp³-hybridized carbons (Fsp3) is 0.188. The molecule has 0 spiro atoms. The van der Waals surface area contributed by atoms with Gasteiger partial charge in [-0.05, 0) is 36.7 Å². The zero-order valence-corrected chi connectivity index (χ0v) is 12.1. The van der Waals surface area contributed by atoms with Gasteiger partial charge in [-0.25, -0.2) is 9.37 Å². The van der Waals surface area contributed by atoms with E-state index in [9.17, 15) is 4.39 Å². The van der Waals surface area contributed by atoms with E-state index in [0.717, 1.165) is 16.9 Å². The standard InChI is InChI=1S/C16H15ClFN3/c17-13-5-6-16-20-14(11-21(16)10-13)9-19-8-7-12-3-1-2-4-15(12)18/h1-6,10-11,19H,7-9H2. The summed E-state index contributed by atoms with van der Waals surface area (Å²) in [6, 6.07) is 10.5. The van der Waals surface area contributed by atoms with Gasteiger partial charge in [0, 0.05) is 18.9 Å². The molecule has 0 aliphatic rings. The molecule has 0 unspecified atom stereocenters. The number of nitrogens with one attached hydrogen (secondary N) is 1. The van der Waals surface area contributed by atoms with Gasteiger partial charge >= 0.3 is 0 Å². The van der Waals surface area contributed by atoms with Crippen molar-refractivity contribution in [3.63, 3.8) is 0 Å². The number of aromatic nitrogens is 2. The minimum atomic E-state index is -0.151. The van der Waals surface area contributed by atoms with Crippen molar-refractivity contribution in [2.24, 2.45) is 0 Å². The number of rotatable bonds is 5. The number of fused-ring (bicyclic) bond motifs is 1. The van der Waals surface area contributed by atoms with E-state index in [1.165, 1.54) is 6.07 Å². The molecular weight excluding hydrogens is 289 g/mol. The molecular formula is C16H15ClFN3. The summed E-state index contributed by atoms with van der Waals surface area (Å²) in [5.41, 5.74) is 2.53. The lowest BCUT2D eigenvalue weighted by Gasteiger charge is -2.04. The highest BCUT2D eigenvalue weighted by Crippen LogP contribution is 2.11. The van der Waals surface area contributed by atoms with Crippen LogP contribution in [0.3, 0.4) is 0 Å². The summed E-state index contributed by atoms with van der Waals surface area (Å²) in [4.78, 5) is 4.48. The third-order valence-corrected chi connectivity index (χ3v) is 3.52. The van der Waals surface area contributed by atoms with Gasteiger partial charge in [-0.3, -0.25) is 0 Å². The Bertz CT molecular complexity index is 754. The van der Waals surface area contributed by atoms with Gasteiger partial charge in [0.15, 0.2) is 0 Å². The van der Waals surface area contributed by atoms with E-state index < -0.39 is 0 Å². The topological polar surface area (TPSA) is 29.3 Å². The van der Waals surface area contributed by atoms with Gasteiger partial charge < -0.3 is 9.72 Å². The van der Waals surface area contributed by atoms with Crippen molar-refractivity contribution in [3.05, 3.63) is 70.9 Å². The van der Waals surface area contributed by atoms with Gasteiger partial charge in [0.05, 0.1) is 10.7 Å². The Hall–Kier alpha value is -1.91. The Morgan fingerprint density at radius 3 is 2.86 bits per heavy atom. The average Bonchev–Trinajstić information content (AvgIpc) is 2.87. The number of imidazole rings is 1. The van der Waals surface area contributed by atoms with Crippen LogP contribution in [0, 0.1) is 5.82 Å². The van der Waals surface area contributed by atoms with Crippen molar-refractivity contribution in [1.82, 2.24) is 14.7 Å². The summed E-state index contributed by atoms with van der Waals surface area (Å²) in [5, 5.41) is 3.96. The fourth-order valence-electron chi connectivity index (χ4n) is 2.24. The van der Waals surface area contributed by atoms with Crippen LogP contribution in [0.5, 0.6) is 0 Å². The lowest BCUT2D eigenvalue weighted by atomic mass is 10.1. The van der Waals surface area contributed by atoms with Crippen LogP contribution >= 0.6 is 11.6 Å². The Labute approximate surface area is 127 Å². The maximum Gasteiger partial charge on any atom is 0.137 e. The summed E-state index contributed by atoms with van der Waals surface area (Å²) in [6.45, 7) is 1.35. The second-order valence-electron chi connectivity index (χ2n) is 4.86. The molecule has 0 amide bonds. The smallest absolute Gasteiger partial charge is 0.137 e. The van der Waals surface area contributed by atoms with Gasteiger partial charge in [0.1, 0.15) is 11.5 Å². The summed E-state index contributed by atoms with van der Waals surface area (Å²) in [6.07, 6.45) is 4.43. The van der Waals surface area contributed by atoms with E-state index in [4.69, 9.17) is 11.6 Å². The predicted molar refractivity (Wildman–Crippen MR) is 82.0 cm³/mol. The Morgan fingerprint density at radius 2 is 2.00 bits per heavy atom. The van der Waals surface area contributed by atoms with E-state index in [1.807, 2.05) is 41.1 Å². The van der Waals surface area contributed by atoms with Crippen molar-refractivity contribution in [3.8, 4) is 0 Å². The zero-order valence-electron chi connectivity index (χ0n) is 11.4. The monoisotopic (exact) mass is 303 g/mol. The molecule has 0 bridgehead atoms. The van der Waals surface area contributed by atoms with Gasteiger partial charge in [0.25, 0.3) is 0 Å². The van der Waals surface area contributed by atoms with Crippen molar-refractivity contribution in [2.45, 2.75) is 13.0 Å². The van der Waals surface area contributed by atoms with E-state index in [2.05, 4.69) is 10.3 Å². The Morgan fingerprint density at radius 1 is 1.14 bits per heavy atom. The van der Waals surface area contributed by atoms with Gasteiger partial charge in [-0.1, -0.05) is 29.8 Å². The summed E-state index contributed by atoms with van der Waals surface area (Å²) >= 11 is 5.94. The quantitative estimate of drug-likeness (QED) is 0.731. The number of halogens is 2. The molecule has 108 valence electrons. The molecule has 0 radical (unpaired) electrons. The maximum absolute atomic E-state index is 13.5. The third kappa shape index (κ3) is 3.40. The number of nitrogens with zero attached hydrogens (tertiary/aromatic N) is 2. The number of hydrogen-bond acceptors (Lipinski definition) is 2. The van der Waals surface area contributed by atoms with Crippen molar-refractivity contribution >= 4 is 17.2 Å². The van der Waals surface area contributed by atoms with Gasteiger partial charge in [-0.2, -0.15) is 0 Å². The molecule has 0 fully saturated rings. The van der Waals surface area contributed by atoms with Crippen molar-refractivity contribution < 1.29 is 4.39 Å². The second kappa shape index (κ2) is 6.24. The molecule has 3 nitrogen and oxygen atoms in total. The summed E-state index contributed by atoms with van der Waals surface area (Å²) in [7, 11) is 0. The first-order chi connectivity index (χ1) is 10.2. The molecule has 21 heavy (non-hydrogen) atoms. The molecule has 0 saturated heterocycles. The van der Waals surface area contributed by atoms with Crippen molar-refractivity contribution in [2.75, 3.05) is 6.54 Å². The van der Waals surface area contributed by atoms with E-state index in [1.54, 1.807) is 6.07 Å². The Kier molecular flexibility index (Phi) is 4.18. The normalized spacial score (nSPS) is 11.1. The molecule has 0 atom stereocenters. The van der Waals surface area contributed by atoms with Crippen LogP contribution in [0.4, 0.5) is 4.39 Å². The molecule has 3 aromatic rings. The number of pyridine rings is 1. The first kappa shape index (κ1) is 14.0. The third-order valence-electron chi connectivity index (χ3n) is 3.30. The van der Waals surface area contributed by atoms with Crippen LogP contribution in [-0.4, -0.2) is 15.9 Å². The molecule has 5 heteroatoms. The van der Waals surface area contributed by atoms with Crippen LogP contribution in [0.15, 0.2) is 48.8 Å². The molecule has 1 N–H and O–H groups in total. The lowest BCUT2D eigenvalue weighted by Crippen LogP contribution is -2.17. The first-order valence-electron chi connectivity index (χ1n) is 6.79. The average molecular weight is 304 g/mol. The number of benzene rings is 1. The van der Waals surface area contributed by atoms with Gasteiger partial charge in [0.2, 0.25) is 0 Å². The molecule has 3 rings (SSSR count). The fourth-order valence-corrected chi connectivity index (χ4v) is 2.41. The summed E-state index contributed by atoms with van der Waals surface area (Å²) < 4.78 is 15.4. The van der Waals surface area contributed by atoms with Gasteiger partial charge in [-0.15, -0.1) is 0 Å². The Balaban J connectivity index is 1.56. The minimum absolute atomic E-state index is 0.151. The molecule has 0 saturated carbocycles. The molecule has 1 aromatic carbocycles. The largest absolute Gasteiger partial charge is 0.311 e. The van der Waals surface area contributed by atoms with E-state index in [0.29, 0.717) is 24.5 Å². The molecule has 0 aliphatic heterocycles. The SMILES string of the molecule is Fc1ccccc1CCNCc1cn2cc(Cl)ccc2n1. The first-order valence-corrected chi connectivity index (χ1v) is 7.17. The van der Waals surface area contributed by atoms with Crippen LogP contribution in [-0.2, 0) is 13.0 Å². The van der Waals surface area contributed by atoms with Crippen molar-refractivity contribution in [1.29, 1.82) is 0 Å². The van der Waals surface area contributed by atoms with Crippen LogP contribution in [0.2, 0.25) is 5.02 Å². The highest BCUT2D eigenvalue weighted by molar-refractivity contribution is 6.30. The van der Waals surface area contributed by atoms with Crippen LogP contribution < -0.4 is 5.32 Å². The highest BCUT2D eigenvalue weighted by atomic mass is 35.5. The molecule has 0 aliphatic carbocycles. The number of hydrogen-bond donors (Lipinski definition) is 1. The summed E-state index contributed by atoms with van der Waals surface area (Å²) in [5.74, 6) is -0.151. The van der Waals surface area contributed by atoms with Crippen LogP contribution in [0.25, 0.3) is 5.65 Å². The van der Waals surface area contributed by atoms with Crippen LogP contribution in [0.1, 0.15) is 11.3 Å². The van der Waals surface area contributed by atoms with E-state index in [-0.39, 0.29) is 5.82 Å². The minimum Gasteiger partial charge on any atom is -0.311 e. The molecule has 2 aromatic heterocycles. The van der Waals surface area contributed by atoms with E-state index >= 15 is 0 Å².